The Morgan fingerprint density at radius 1 is 1.20 bits per heavy atom. The van der Waals surface area contributed by atoms with Crippen molar-refractivity contribution in [3.8, 4) is 0 Å². The van der Waals surface area contributed by atoms with Crippen molar-refractivity contribution in [2.24, 2.45) is 0 Å². The second-order valence-electron chi connectivity index (χ2n) is 2.48. The lowest BCUT2D eigenvalue weighted by Gasteiger charge is -2.12. The SMILES string of the molecule is O=C(O)C(S)c1c(Cl)c(Cl)nc(Cl)c1Cl. The summed E-state index contributed by atoms with van der Waals surface area (Å²) < 4.78 is 0. The molecule has 0 aromatic carbocycles. The quantitative estimate of drug-likeness (QED) is 0.646. The van der Waals surface area contributed by atoms with Gasteiger partial charge in [-0.2, -0.15) is 12.6 Å². The van der Waals surface area contributed by atoms with Crippen molar-refractivity contribution in [1.82, 2.24) is 4.98 Å². The summed E-state index contributed by atoms with van der Waals surface area (Å²) in [6, 6.07) is 0. The number of pyridine rings is 1. The molecular weight excluding hydrogens is 304 g/mol. The fourth-order valence-electron chi connectivity index (χ4n) is 0.866. The summed E-state index contributed by atoms with van der Waals surface area (Å²) in [5, 5.41) is 7.22. The number of hydrogen-bond acceptors (Lipinski definition) is 3. The average Bonchev–Trinajstić information content (AvgIpc) is 2.15. The number of thiol groups is 1. The highest BCUT2D eigenvalue weighted by molar-refractivity contribution is 7.81. The van der Waals surface area contributed by atoms with Gasteiger partial charge in [-0.1, -0.05) is 46.4 Å². The minimum Gasteiger partial charge on any atom is -0.480 e. The lowest BCUT2D eigenvalue weighted by molar-refractivity contribution is -0.136. The zero-order valence-corrected chi connectivity index (χ0v) is 10.8. The zero-order valence-electron chi connectivity index (χ0n) is 6.84. The third-order valence-electron chi connectivity index (χ3n) is 1.54. The van der Waals surface area contributed by atoms with Crippen molar-refractivity contribution in [2.75, 3.05) is 0 Å². The second-order valence-corrected chi connectivity index (χ2v) is 4.46. The molecule has 1 unspecified atom stereocenters. The second kappa shape index (κ2) is 4.97. The Hall–Kier alpha value is 0.130. The highest BCUT2D eigenvalue weighted by atomic mass is 35.5. The smallest absolute Gasteiger partial charge is 0.321 e. The van der Waals surface area contributed by atoms with Crippen LogP contribution >= 0.6 is 59.0 Å². The molecule has 1 aromatic rings. The van der Waals surface area contributed by atoms with E-state index in [1.807, 2.05) is 0 Å². The van der Waals surface area contributed by atoms with Gasteiger partial charge in [0.15, 0.2) is 0 Å². The Balaban J connectivity index is 3.45. The maximum atomic E-state index is 10.7. The Kier molecular flexibility index (Phi) is 4.38. The number of carboxylic acid groups (broad SMARTS) is 1. The summed E-state index contributed by atoms with van der Waals surface area (Å²) in [5.41, 5.74) is 0.0409. The van der Waals surface area contributed by atoms with Gasteiger partial charge in [-0.05, 0) is 0 Å². The number of hydrogen-bond donors (Lipinski definition) is 2. The predicted molar refractivity (Wildman–Crippen MR) is 63.6 cm³/mol. The van der Waals surface area contributed by atoms with E-state index in [0.29, 0.717) is 0 Å². The molecule has 82 valence electrons. The molecule has 1 N–H and O–H groups in total. The van der Waals surface area contributed by atoms with Crippen molar-refractivity contribution in [3.05, 3.63) is 25.9 Å². The number of aliphatic carboxylic acids is 1. The fourth-order valence-corrected chi connectivity index (χ4v) is 2.23. The molecule has 1 heterocycles. The molecule has 0 radical (unpaired) electrons. The van der Waals surface area contributed by atoms with Gasteiger partial charge in [-0.3, -0.25) is 4.79 Å². The number of aromatic nitrogens is 1. The van der Waals surface area contributed by atoms with E-state index in [-0.39, 0.29) is 25.9 Å². The normalized spacial score (nSPS) is 12.6. The first-order valence-electron chi connectivity index (χ1n) is 3.47. The molecule has 0 bridgehead atoms. The van der Waals surface area contributed by atoms with Crippen LogP contribution in [0.3, 0.4) is 0 Å². The molecule has 8 heteroatoms. The van der Waals surface area contributed by atoms with Gasteiger partial charge in [0.25, 0.3) is 0 Å². The number of carbonyl (C=O) groups is 1. The topological polar surface area (TPSA) is 50.2 Å². The molecule has 0 aliphatic rings. The van der Waals surface area contributed by atoms with Gasteiger partial charge in [0.2, 0.25) is 0 Å². The molecule has 0 saturated carbocycles. The van der Waals surface area contributed by atoms with E-state index in [2.05, 4.69) is 17.6 Å². The van der Waals surface area contributed by atoms with E-state index < -0.39 is 11.2 Å². The van der Waals surface area contributed by atoms with Gasteiger partial charge < -0.3 is 5.11 Å². The minimum absolute atomic E-state index is 0.0409. The molecule has 1 atom stereocenters. The number of rotatable bonds is 2. The summed E-state index contributed by atoms with van der Waals surface area (Å²) in [5.74, 6) is -1.21. The lowest BCUT2D eigenvalue weighted by Crippen LogP contribution is -2.07. The van der Waals surface area contributed by atoms with Crippen molar-refractivity contribution in [3.63, 3.8) is 0 Å². The molecule has 0 spiro atoms. The van der Waals surface area contributed by atoms with E-state index in [0.717, 1.165) is 0 Å². The van der Waals surface area contributed by atoms with Gasteiger partial charge in [-0.15, -0.1) is 0 Å². The van der Waals surface area contributed by atoms with Crippen LogP contribution in [0.1, 0.15) is 10.8 Å². The zero-order chi connectivity index (χ0) is 11.7. The molecule has 1 rings (SSSR count). The molecule has 0 aliphatic carbocycles. The summed E-state index contributed by atoms with van der Waals surface area (Å²) in [6.45, 7) is 0. The largest absolute Gasteiger partial charge is 0.480 e. The van der Waals surface area contributed by atoms with Gasteiger partial charge in [-0.25, -0.2) is 4.98 Å². The lowest BCUT2D eigenvalue weighted by atomic mass is 10.2. The van der Waals surface area contributed by atoms with Gasteiger partial charge >= 0.3 is 5.97 Å². The molecule has 1 aromatic heterocycles. The van der Waals surface area contributed by atoms with Crippen molar-refractivity contribution < 1.29 is 9.90 Å². The maximum absolute atomic E-state index is 10.7. The first kappa shape index (κ1) is 13.2. The van der Waals surface area contributed by atoms with Gasteiger partial charge in [0, 0.05) is 5.56 Å². The molecule has 15 heavy (non-hydrogen) atoms. The van der Waals surface area contributed by atoms with E-state index in [4.69, 9.17) is 51.5 Å². The number of nitrogens with zero attached hydrogens (tertiary/aromatic N) is 1. The van der Waals surface area contributed by atoms with Crippen LogP contribution in [0.25, 0.3) is 0 Å². The van der Waals surface area contributed by atoms with Crippen LogP contribution in [0.2, 0.25) is 20.4 Å². The summed E-state index contributed by atoms with van der Waals surface area (Å²) in [6.07, 6.45) is 0. The standard InChI is InChI=1S/C7H3Cl4NO2S/c8-2-1(4(15)7(13)14)3(9)6(11)12-5(2)10/h4,15H,(H,13,14). The Labute approximate surface area is 111 Å². The van der Waals surface area contributed by atoms with Crippen LogP contribution < -0.4 is 0 Å². The van der Waals surface area contributed by atoms with Crippen LogP contribution in [0.5, 0.6) is 0 Å². The Morgan fingerprint density at radius 2 is 1.60 bits per heavy atom. The summed E-state index contributed by atoms with van der Waals surface area (Å²) in [4.78, 5) is 14.3. The number of carboxylic acids is 1. The Bertz CT molecular complexity index is 400. The van der Waals surface area contributed by atoms with Crippen LogP contribution in [-0.2, 0) is 4.79 Å². The van der Waals surface area contributed by atoms with Crippen LogP contribution in [0.15, 0.2) is 0 Å². The summed E-state index contributed by atoms with van der Waals surface area (Å²) in [7, 11) is 0. The van der Waals surface area contributed by atoms with E-state index >= 15 is 0 Å². The van der Waals surface area contributed by atoms with Crippen molar-refractivity contribution >= 4 is 65.0 Å². The van der Waals surface area contributed by atoms with Gasteiger partial charge in [0.1, 0.15) is 15.6 Å². The third-order valence-corrected chi connectivity index (χ3v) is 3.52. The minimum atomic E-state index is -1.21. The highest BCUT2D eigenvalue weighted by Crippen LogP contribution is 2.40. The molecule has 0 saturated heterocycles. The van der Waals surface area contributed by atoms with Crippen molar-refractivity contribution in [1.29, 1.82) is 0 Å². The predicted octanol–water partition coefficient (Wildman–Crippen LogP) is 3.75. The van der Waals surface area contributed by atoms with Crippen LogP contribution in [-0.4, -0.2) is 16.1 Å². The van der Waals surface area contributed by atoms with Crippen molar-refractivity contribution in [2.45, 2.75) is 5.25 Å². The molecule has 0 aliphatic heterocycles. The Morgan fingerprint density at radius 3 is 1.93 bits per heavy atom. The van der Waals surface area contributed by atoms with Crippen LogP contribution in [0, 0.1) is 0 Å². The van der Waals surface area contributed by atoms with E-state index in [9.17, 15) is 4.79 Å². The van der Waals surface area contributed by atoms with Gasteiger partial charge in [0.05, 0.1) is 10.0 Å². The highest BCUT2D eigenvalue weighted by Gasteiger charge is 2.25. The molecule has 3 nitrogen and oxygen atoms in total. The van der Waals surface area contributed by atoms with E-state index in [1.165, 1.54) is 0 Å². The monoisotopic (exact) mass is 305 g/mol. The third kappa shape index (κ3) is 2.63. The molecule has 0 amide bonds. The van der Waals surface area contributed by atoms with Crippen LogP contribution in [0.4, 0.5) is 0 Å². The molecular formula is C7H3Cl4NO2S. The first-order valence-corrected chi connectivity index (χ1v) is 5.49. The fraction of sp³-hybridized carbons (Fsp3) is 0.143. The molecule has 0 fully saturated rings. The van der Waals surface area contributed by atoms with E-state index in [1.54, 1.807) is 0 Å². The maximum Gasteiger partial charge on any atom is 0.321 e. The first-order chi connectivity index (χ1) is 6.86. The summed E-state index contributed by atoms with van der Waals surface area (Å²) >= 11 is 26.6. The number of halogens is 4. The average molecular weight is 307 g/mol.